The maximum atomic E-state index is 12.4. The van der Waals surface area contributed by atoms with Crippen LogP contribution in [0.2, 0.25) is 0 Å². The minimum absolute atomic E-state index is 0.00442. The van der Waals surface area contributed by atoms with E-state index in [4.69, 9.17) is 0 Å². The molecule has 3 rings (SSSR count). The first-order valence-electron chi connectivity index (χ1n) is 10.2. The first-order valence-corrected chi connectivity index (χ1v) is 13.1. The molecule has 2 aliphatic rings. The molecule has 0 saturated carbocycles. The molecule has 2 heterocycles. The molecule has 0 aromatic heterocycles. The summed E-state index contributed by atoms with van der Waals surface area (Å²) < 4.78 is 23.0. The van der Waals surface area contributed by atoms with Gasteiger partial charge in [-0.15, -0.1) is 0 Å². The smallest absolute Gasteiger partial charge is 0.238 e. The van der Waals surface area contributed by atoms with Crippen molar-refractivity contribution in [1.29, 1.82) is 0 Å². The number of likely N-dealkylation sites (N-methyl/N-ethyl adjacent to an activating group) is 1. The molecule has 2 amide bonds. The minimum atomic E-state index is -3.03. The molecule has 1 unspecified atom stereocenters. The molecule has 0 bridgehead atoms. The Bertz CT molecular complexity index is 856. The quantitative estimate of drug-likeness (QED) is 0.587. The summed E-state index contributed by atoms with van der Waals surface area (Å²) in [4.78, 5) is 28.5. The Morgan fingerprint density at radius 2 is 1.93 bits per heavy atom. The summed E-state index contributed by atoms with van der Waals surface area (Å²) in [6.45, 7) is 3.16. The molecule has 10 heteroatoms. The van der Waals surface area contributed by atoms with Crippen molar-refractivity contribution in [1.82, 2.24) is 15.1 Å². The Hall–Kier alpha value is -1.62. The highest BCUT2D eigenvalue weighted by molar-refractivity contribution is 7.99. The van der Waals surface area contributed by atoms with E-state index >= 15 is 0 Å². The molecular formula is C20H30N4O4S2. The predicted molar refractivity (Wildman–Crippen MR) is 120 cm³/mol. The summed E-state index contributed by atoms with van der Waals surface area (Å²) in [7, 11) is -1.34. The van der Waals surface area contributed by atoms with E-state index in [0.29, 0.717) is 6.42 Å². The fourth-order valence-corrected chi connectivity index (χ4v) is 6.35. The van der Waals surface area contributed by atoms with Gasteiger partial charge < -0.3 is 10.6 Å². The molecule has 2 saturated heterocycles. The Labute approximate surface area is 182 Å². The number of thioether (sulfide) groups is 1. The Kier molecular flexibility index (Phi) is 8.15. The maximum absolute atomic E-state index is 12.4. The standard InChI is InChI=1S/C20H30N4O4S2/c1-23(14-20(26)22-18-5-10-30(27,28)15-18)13-19(25)21-17-4-2-3-16(11-17)12-24-6-8-29-9-7-24/h2-4,11,18H,5-10,12-15H2,1H3,(H,21,25)(H,22,26). The highest BCUT2D eigenvalue weighted by Crippen LogP contribution is 2.16. The van der Waals surface area contributed by atoms with E-state index in [1.54, 1.807) is 11.9 Å². The van der Waals surface area contributed by atoms with Crippen LogP contribution in [0.5, 0.6) is 0 Å². The summed E-state index contributed by atoms with van der Waals surface area (Å²) in [6.07, 6.45) is 0.449. The van der Waals surface area contributed by atoms with Gasteiger partial charge in [-0.25, -0.2) is 8.42 Å². The van der Waals surface area contributed by atoms with Crippen molar-refractivity contribution in [3.05, 3.63) is 29.8 Å². The number of hydrogen-bond donors (Lipinski definition) is 2. The zero-order chi connectivity index (χ0) is 21.6. The van der Waals surface area contributed by atoms with E-state index in [-0.39, 0.29) is 42.5 Å². The molecule has 2 N–H and O–H groups in total. The number of nitrogens with one attached hydrogen (secondary N) is 2. The Balaban J connectivity index is 1.42. The van der Waals surface area contributed by atoms with Crippen LogP contribution in [-0.4, -0.2) is 92.3 Å². The van der Waals surface area contributed by atoms with Crippen LogP contribution in [-0.2, 0) is 26.0 Å². The second-order valence-electron chi connectivity index (χ2n) is 7.98. The molecule has 2 aliphatic heterocycles. The molecule has 1 aromatic carbocycles. The van der Waals surface area contributed by atoms with Crippen molar-refractivity contribution in [2.45, 2.75) is 19.0 Å². The van der Waals surface area contributed by atoms with Gasteiger partial charge in [0.1, 0.15) is 0 Å². The SMILES string of the molecule is CN(CC(=O)Nc1cccc(CN2CCSCC2)c1)CC(=O)NC1CCS(=O)(=O)C1. The summed E-state index contributed by atoms with van der Waals surface area (Å²) in [5, 5.41) is 5.63. The normalized spacial score (nSPS) is 21.5. The number of hydrogen-bond acceptors (Lipinski definition) is 7. The number of carbonyl (C=O) groups is 2. The van der Waals surface area contributed by atoms with Gasteiger partial charge in [0.2, 0.25) is 11.8 Å². The first kappa shape index (κ1) is 23.1. The monoisotopic (exact) mass is 454 g/mol. The van der Waals surface area contributed by atoms with Crippen molar-refractivity contribution in [3.63, 3.8) is 0 Å². The molecule has 30 heavy (non-hydrogen) atoms. The molecular weight excluding hydrogens is 424 g/mol. The topological polar surface area (TPSA) is 98.8 Å². The molecule has 0 spiro atoms. The number of carbonyl (C=O) groups excluding carboxylic acids is 2. The minimum Gasteiger partial charge on any atom is -0.351 e. The summed E-state index contributed by atoms with van der Waals surface area (Å²) in [5.41, 5.74) is 1.91. The third-order valence-electron chi connectivity index (χ3n) is 5.15. The lowest BCUT2D eigenvalue weighted by atomic mass is 10.2. The second-order valence-corrected chi connectivity index (χ2v) is 11.4. The van der Waals surface area contributed by atoms with Crippen molar-refractivity contribution in [3.8, 4) is 0 Å². The van der Waals surface area contributed by atoms with Gasteiger partial charge in [0.15, 0.2) is 9.84 Å². The van der Waals surface area contributed by atoms with Crippen LogP contribution in [0.3, 0.4) is 0 Å². The molecule has 8 nitrogen and oxygen atoms in total. The van der Waals surface area contributed by atoms with Gasteiger partial charge in [-0.3, -0.25) is 19.4 Å². The van der Waals surface area contributed by atoms with E-state index < -0.39 is 9.84 Å². The number of sulfone groups is 1. The average molecular weight is 455 g/mol. The third-order valence-corrected chi connectivity index (χ3v) is 7.86. The van der Waals surface area contributed by atoms with Gasteiger partial charge in [0.05, 0.1) is 24.6 Å². The van der Waals surface area contributed by atoms with Gasteiger partial charge >= 0.3 is 0 Å². The van der Waals surface area contributed by atoms with Crippen LogP contribution < -0.4 is 10.6 Å². The number of anilines is 1. The first-order chi connectivity index (χ1) is 14.3. The second kappa shape index (κ2) is 10.6. The van der Waals surface area contributed by atoms with Crippen LogP contribution in [0.1, 0.15) is 12.0 Å². The lowest BCUT2D eigenvalue weighted by molar-refractivity contribution is -0.123. The van der Waals surface area contributed by atoms with E-state index in [1.807, 2.05) is 30.0 Å². The van der Waals surface area contributed by atoms with Crippen molar-refractivity contribution < 1.29 is 18.0 Å². The number of rotatable bonds is 8. The Morgan fingerprint density at radius 1 is 1.20 bits per heavy atom. The lowest BCUT2D eigenvalue weighted by Gasteiger charge is -2.26. The van der Waals surface area contributed by atoms with Gasteiger partial charge in [0.25, 0.3) is 0 Å². The molecule has 2 fully saturated rings. The Morgan fingerprint density at radius 3 is 2.63 bits per heavy atom. The van der Waals surface area contributed by atoms with Crippen molar-refractivity contribution in [2.24, 2.45) is 0 Å². The number of benzene rings is 1. The summed E-state index contributed by atoms with van der Waals surface area (Å²) >= 11 is 1.98. The average Bonchev–Trinajstić information content (AvgIpc) is 3.00. The predicted octanol–water partition coefficient (Wildman–Crippen LogP) is 0.409. The molecule has 0 aliphatic carbocycles. The van der Waals surface area contributed by atoms with Gasteiger partial charge in [-0.2, -0.15) is 11.8 Å². The largest absolute Gasteiger partial charge is 0.351 e. The van der Waals surface area contributed by atoms with Gasteiger partial charge in [-0.1, -0.05) is 12.1 Å². The molecule has 1 aromatic rings. The van der Waals surface area contributed by atoms with Crippen molar-refractivity contribution in [2.75, 3.05) is 61.6 Å². The van der Waals surface area contributed by atoms with Crippen LogP contribution in [0.25, 0.3) is 0 Å². The van der Waals surface area contributed by atoms with E-state index in [1.165, 1.54) is 5.56 Å². The van der Waals surface area contributed by atoms with E-state index in [9.17, 15) is 18.0 Å². The van der Waals surface area contributed by atoms with Crippen LogP contribution in [0.15, 0.2) is 24.3 Å². The fourth-order valence-electron chi connectivity index (χ4n) is 3.69. The van der Waals surface area contributed by atoms with Crippen LogP contribution in [0.4, 0.5) is 5.69 Å². The summed E-state index contributed by atoms with van der Waals surface area (Å²) in [5.74, 6) is 1.97. The molecule has 166 valence electrons. The van der Waals surface area contributed by atoms with Crippen LogP contribution >= 0.6 is 11.8 Å². The zero-order valence-corrected chi connectivity index (χ0v) is 18.9. The number of amides is 2. The molecule has 0 radical (unpaired) electrons. The highest BCUT2D eigenvalue weighted by Gasteiger charge is 2.29. The number of nitrogens with zero attached hydrogens (tertiary/aromatic N) is 2. The maximum Gasteiger partial charge on any atom is 0.238 e. The fraction of sp³-hybridized carbons (Fsp3) is 0.600. The van der Waals surface area contributed by atoms with E-state index in [2.05, 4.69) is 21.6 Å². The van der Waals surface area contributed by atoms with E-state index in [0.717, 1.165) is 36.8 Å². The lowest BCUT2D eigenvalue weighted by Crippen LogP contribution is -2.43. The van der Waals surface area contributed by atoms with Crippen LogP contribution in [0, 0.1) is 0 Å². The highest BCUT2D eigenvalue weighted by atomic mass is 32.2. The summed E-state index contributed by atoms with van der Waals surface area (Å²) in [6, 6.07) is 7.53. The van der Waals surface area contributed by atoms with Gasteiger partial charge in [0, 0.05) is 42.9 Å². The molecule has 1 atom stereocenters. The third kappa shape index (κ3) is 7.57. The van der Waals surface area contributed by atoms with Crippen molar-refractivity contribution >= 4 is 39.1 Å². The zero-order valence-electron chi connectivity index (χ0n) is 17.3. The van der Waals surface area contributed by atoms with Gasteiger partial charge in [-0.05, 0) is 31.2 Å².